The van der Waals surface area contributed by atoms with Crippen LogP contribution in [0.15, 0.2) is 0 Å². The van der Waals surface area contributed by atoms with Gasteiger partial charge in [0.25, 0.3) is 0 Å². The molecule has 0 aromatic carbocycles. The van der Waals surface area contributed by atoms with Crippen LogP contribution in [0.25, 0.3) is 0 Å². The Balaban J connectivity index is 1.73. The molecular formula is C14H25N7. The molecule has 0 atom stereocenters. The standard InChI is InChI=1S/C14H25N7/c1-2-14(6-7-14)10-16-11-17-12(20-15)19-13(18-11)21-8-4-3-5-9-21/h2-10,15H2,1H3,(H2,16,17,18,19,20). The van der Waals surface area contributed by atoms with E-state index in [-0.39, 0.29) is 0 Å². The summed E-state index contributed by atoms with van der Waals surface area (Å²) >= 11 is 0. The fourth-order valence-corrected chi connectivity index (χ4v) is 2.84. The molecular weight excluding hydrogens is 266 g/mol. The smallest absolute Gasteiger partial charge is 0.243 e. The summed E-state index contributed by atoms with van der Waals surface area (Å²) in [6, 6.07) is 0. The van der Waals surface area contributed by atoms with Crippen molar-refractivity contribution in [3.63, 3.8) is 0 Å². The van der Waals surface area contributed by atoms with Crippen LogP contribution in [0.4, 0.5) is 17.8 Å². The number of anilines is 3. The lowest BCUT2D eigenvalue weighted by atomic mass is 10.0. The molecule has 1 saturated heterocycles. The number of piperidine rings is 1. The molecule has 2 fully saturated rings. The quantitative estimate of drug-likeness (QED) is 0.543. The van der Waals surface area contributed by atoms with Gasteiger partial charge in [-0.25, -0.2) is 5.84 Å². The second-order valence-electron chi connectivity index (χ2n) is 6.18. The van der Waals surface area contributed by atoms with E-state index in [4.69, 9.17) is 5.84 Å². The molecule has 116 valence electrons. The molecule has 1 aromatic rings. The van der Waals surface area contributed by atoms with Crippen molar-refractivity contribution in [2.24, 2.45) is 11.3 Å². The third kappa shape index (κ3) is 3.34. The van der Waals surface area contributed by atoms with Gasteiger partial charge >= 0.3 is 0 Å². The minimum Gasteiger partial charge on any atom is -0.353 e. The van der Waals surface area contributed by atoms with Gasteiger partial charge in [-0.1, -0.05) is 6.92 Å². The molecule has 21 heavy (non-hydrogen) atoms. The summed E-state index contributed by atoms with van der Waals surface area (Å²) in [5.41, 5.74) is 3.00. The first-order valence-electron chi connectivity index (χ1n) is 7.96. The first-order valence-corrected chi connectivity index (χ1v) is 7.96. The third-order valence-corrected chi connectivity index (χ3v) is 4.72. The van der Waals surface area contributed by atoms with E-state index in [2.05, 4.69) is 37.5 Å². The molecule has 0 spiro atoms. The largest absolute Gasteiger partial charge is 0.353 e. The SMILES string of the molecule is CCC1(CNc2nc(NN)nc(N3CCCCC3)n2)CC1. The van der Waals surface area contributed by atoms with Gasteiger partial charge in [0.15, 0.2) is 0 Å². The van der Waals surface area contributed by atoms with Gasteiger partial charge in [0.1, 0.15) is 0 Å². The second kappa shape index (κ2) is 6.01. The third-order valence-electron chi connectivity index (χ3n) is 4.72. The molecule has 3 rings (SSSR count). The van der Waals surface area contributed by atoms with E-state index >= 15 is 0 Å². The van der Waals surface area contributed by atoms with Gasteiger partial charge in [0.2, 0.25) is 17.8 Å². The lowest BCUT2D eigenvalue weighted by Crippen LogP contribution is -2.32. The number of hydrogen-bond acceptors (Lipinski definition) is 7. The first-order chi connectivity index (χ1) is 10.2. The molecule has 0 radical (unpaired) electrons. The van der Waals surface area contributed by atoms with E-state index in [0.29, 0.717) is 17.3 Å². The maximum atomic E-state index is 5.49. The van der Waals surface area contributed by atoms with Crippen LogP contribution >= 0.6 is 0 Å². The molecule has 4 N–H and O–H groups in total. The molecule has 1 aliphatic carbocycles. The van der Waals surface area contributed by atoms with Crippen LogP contribution in [0.1, 0.15) is 45.4 Å². The molecule has 7 heteroatoms. The Bertz CT molecular complexity index is 480. The molecule has 2 heterocycles. The van der Waals surface area contributed by atoms with Crippen LogP contribution in [-0.2, 0) is 0 Å². The number of nitrogens with zero attached hydrogens (tertiary/aromatic N) is 4. The minimum atomic E-state index is 0.425. The van der Waals surface area contributed by atoms with E-state index in [1.54, 1.807) is 0 Å². The zero-order valence-electron chi connectivity index (χ0n) is 12.7. The zero-order valence-corrected chi connectivity index (χ0v) is 12.7. The normalized spacial score (nSPS) is 20.2. The molecule has 1 aliphatic heterocycles. The van der Waals surface area contributed by atoms with Crippen molar-refractivity contribution >= 4 is 17.8 Å². The fraction of sp³-hybridized carbons (Fsp3) is 0.786. The van der Waals surface area contributed by atoms with Crippen molar-refractivity contribution in [3.8, 4) is 0 Å². The summed E-state index contributed by atoms with van der Waals surface area (Å²) in [5, 5.41) is 3.37. The van der Waals surface area contributed by atoms with Crippen molar-refractivity contribution in [2.75, 3.05) is 35.3 Å². The fourth-order valence-electron chi connectivity index (χ4n) is 2.84. The predicted octanol–water partition coefficient (Wildman–Crippen LogP) is 1.75. The number of rotatable bonds is 6. The highest BCUT2D eigenvalue weighted by Gasteiger charge is 2.40. The Morgan fingerprint density at radius 1 is 1.10 bits per heavy atom. The van der Waals surface area contributed by atoms with Gasteiger partial charge in [0.05, 0.1) is 0 Å². The number of hydrazine groups is 1. The lowest BCUT2D eigenvalue weighted by Gasteiger charge is -2.27. The van der Waals surface area contributed by atoms with Gasteiger partial charge in [-0.05, 0) is 43.9 Å². The first kappa shape index (κ1) is 14.3. The summed E-state index contributed by atoms with van der Waals surface area (Å²) in [6.45, 7) is 5.18. The Morgan fingerprint density at radius 2 is 1.81 bits per heavy atom. The highest BCUT2D eigenvalue weighted by Crippen LogP contribution is 2.48. The Labute approximate surface area is 125 Å². The molecule has 2 aliphatic rings. The average molecular weight is 291 g/mol. The summed E-state index contributed by atoms with van der Waals surface area (Å²) < 4.78 is 0. The zero-order chi connectivity index (χ0) is 14.7. The van der Waals surface area contributed by atoms with Crippen LogP contribution in [0.2, 0.25) is 0 Å². The highest BCUT2D eigenvalue weighted by molar-refractivity contribution is 5.43. The molecule has 0 amide bonds. The van der Waals surface area contributed by atoms with E-state index < -0.39 is 0 Å². The van der Waals surface area contributed by atoms with Crippen LogP contribution in [-0.4, -0.2) is 34.6 Å². The average Bonchev–Trinajstić information content (AvgIpc) is 3.34. The number of nitrogens with one attached hydrogen (secondary N) is 2. The number of nitrogen functional groups attached to an aromatic ring is 1. The summed E-state index contributed by atoms with van der Waals surface area (Å²) in [6.07, 6.45) is 7.46. The van der Waals surface area contributed by atoms with Crippen LogP contribution in [0.3, 0.4) is 0 Å². The maximum Gasteiger partial charge on any atom is 0.243 e. The number of hydrogen-bond donors (Lipinski definition) is 3. The number of aromatic nitrogens is 3. The Morgan fingerprint density at radius 3 is 2.43 bits per heavy atom. The van der Waals surface area contributed by atoms with E-state index in [9.17, 15) is 0 Å². The molecule has 1 aromatic heterocycles. The van der Waals surface area contributed by atoms with Crippen LogP contribution in [0, 0.1) is 5.41 Å². The Hall–Kier alpha value is -1.63. The summed E-state index contributed by atoms with van der Waals surface area (Å²) in [5.74, 6) is 7.26. The lowest BCUT2D eigenvalue weighted by molar-refractivity contribution is 0.519. The monoisotopic (exact) mass is 291 g/mol. The van der Waals surface area contributed by atoms with Gasteiger partial charge < -0.3 is 10.2 Å². The van der Waals surface area contributed by atoms with Crippen LogP contribution in [0.5, 0.6) is 0 Å². The molecule has 1 saturated carbocycles. The molecule has 0 bridgehead atoms. The minimum absolute atomic E-state index is 0.425. The maximum absolute atomic E-state index is 5.49. The molecule has 0 unspecified atom stereocenters. The summed E-state index contributed by atoms with van der Waals surface area (Å²) in [4.78, 5) is 15.5. The van der Waals surface area contributed by atoms with E-state index in [1.165, 1.54) is 38.5 Å². The van der Waals surface area contributed by atoms with Crippen LogP contribution < -0.4 is 21.5 Å². The van der Waals surface area contributed by atoms with E-state index in [0.717, 1.165) is 25.6 Å². The van der Waals surface area contributed by atoms with E-state index in [1.807, 2.05) is 0 Å². The van der Waals surface area contributed by atoms with Gasteiger partial charge in [-0.15, -0.1) is 0 Å². The van der Waals surface area contributed by atoms with Crippen molar-refractivity contribution in [2.45, 2.75) is 45.4 Å². The van der Waals surface area contributed by atoms with Crippen molar-refractivity contribution in [3.05, 3.63) is 0 Å². The number of nitrogens with two attached hydrogens (primary N) is 1. The topological polar surface area (TPSA) is 92.0 Å². The van der Waals surface area contributed by atoms with Gasteiger partial charge in [0, 0.05) is 19.6 Å². The van der Waals surface area contributed by atoms with Gasteiger partial charge in [-0.3, -0.25) is 5.43 Å². The molecule has 7 nitrogen and oxygen atoms in total. The second-order valence-corrected chi connectivity index (χ2v) is 6.18. The van der Waals surface area contributed by atoms with Crippen molar-refractivity contribution < 1.29 is 0 Å². The Kier molecular flexibility index (Phi) is 4.10. The van der Waals surface area contributed by atoms with Crippen molar-refractivity contribution in [1.29, 1.82) is 0 Å². The van der Waals surface area contributed by atoms with Crippen molar-refractivity contribution in [1.82, 2.24) is 15.0 Å². The predicted molar refractivity (Wildman–Crippen MR) is 84.1 cm³/mol. The highest BCUT2D eigenvalue weighted by atomic mass is 15.4. The van der Waals surface area contributed by atoms with Gasteiger partial charge in [-0.2, -0.15) is 15.0 Å². The summed E-state index contributed by atoms with van der Waals surface area (Å²) in [7, 11) is 0.